The van der Waals surface area contributed by atoms with Gasteiger partial charge in [-0.3, -0.25) is 0 Å². The van der Waals surface area contributed by atoms with Gasteiger partial charge in [0.15, 0.2) is 0 Å². The lowest BCUT2D eigenvalue weighted by atomic mass is 9.47. The van der Waals surface area contributed by atoms with Crippen molar-refractivity contribution >= 4 is 0 Å². The molecule has 4 atom stereocenters. The number of nitrogens with two attached hydrogens (primary N) is 1. The Bertz CT molecular complexity index is 472. The third-order valence-corrected chi connectivity index (χ3v) is 7.17. The Morgan fingerprint density at radius 2 is 2.05 bits per heavy atom. The molecule has 0 aromatic rings. The largest absolute Gasteiger partial charge is 0.330 e. The first-order valence-electron chi connectivity index (χ1n) is 9.01. The molecule has 118 valence electrons. The van der Waals surface area contributed by atoms with Crippen molar-refractivity contribution in [2.75, 3.05) is 6.54 Å². The summed E-state index contributed by atoms with van der Waals surface area (Å²) in [5, 5.41) is 0. The fraction of sp³-hybridized carbons (Fsp3) is 0.800. The maximum Gasteiger partial charge on any atom is -0.00202 e. The van der Waals surface area contributed by atoms with Crippen molar-refractivity contribution in [3.05, 3.63) is 23.3 Å². The van der Waals surface area contributed by atoms with Gasteiger partial charge in [0.2, 0.25) is 0 Å². The summed E-state index contributed by atoms with van der Waals surface area (Å²) in [5.41, 5.74) is 10.4. The van der Waals surface area contributed by atoms with E-state index in [1.54, 1.807) is 11.1 Å². The number of hydrogen-bond acceptors (Lipinski definition) is 1. The highest BCUT2D eigenvalue weighted by molar-refractivity contribution is 5.35. The fourth-order valence-electron chi connectivity index (χ4n) is 5.72. The maximum atomic E-state index is 6.20. The molecule has 21 heavy (non-hydrogen) atoms. The van der Waals surface area contributed by atoms with Crippen LogP contribution in [0.15, 0.2) is 23.3 Å². The van der Waals surface area contributed by atoms with Crippen molar-refractivity contribution in [3.63, 3.8) is 0 Å². The van der Waals surface area contributed by atoms with E-state index in [2.05, 4.69) is 39.8 Å². The van der Waals surface area contributed by atoms with Gasteiger partial charge in [0.25, 0.3) is 0 Å². The van der Waals surface area contributed by atoms with E-state index >= 15 is 0 Å². The lowest BCUT2D eigenvalue weighted by Gasteiger charge is -2.58. The van der Waals surface area contributed by atoms with E-state index in [9.17, 15) is 0 Å². The van der Waals surface area contributed by atoms with Gasteiger partial charge in [-0.05, 0) is 72.8 Å². The molecule has 0 bridgehead atoms. The second kappa shape index (κ2) is 5.26. The fourth-order valence-corrected chi connectivity index (χ4v) is 5.72. The van der Waals surface area contributed by atoms with E-state index < -0.39 is 0 Å². The summed E-state index contributed by atoms with van der Waals surface area (Å²) in [6, 6.07) is 0. The molecule has 1 saturated carbocycles. The van der Waals surface area contributed by atoms with Crippen LogP contribution in [0.2, 0.25) is 0 Å². The monoisotopic (exact) mass is 287 g/mol. The summed E-state index contributed by atoms with van der Waals surface area (Å²) < 4.78 is 0. The van der Waals surface area contributed by atoms with E-state index in [1.807, 2.05) is 0 Å². The minimum Gasteiger partial charge on any atom is -0.330 e. The highest BCUT2D eigenvalue weighted by atomic mass is 14.7. The topological polar surface area (TPSA) is 26.0 Å². The first-order valence-corrected chi connectivity index (χ1v) is 9.01. The van der Waals surface area contributed by atoms with Crippen LogP contribution in [0.25, 0.3) is 0 Å². The van der Waals surface area contributed by atoms with Crippen molar-refractivity contribution in [2.24, 2.45) is 34.3 Å². The van der Waals surface area contributed by atoms with Gasteiger partial charge >= 0.3 is 0 Å². The van der Waals surface area contributed by atoms with E-state index in [1.165, 1.54) is 38.5 Å². The lowest BCUT2D eigenvalue weighted by Crippen LogP contribution is -2.52. The molecular formula is C20H33N. The quantitative estimate of drug-likeness (QED) is 0.753. The van der Waals surface area contributed by atoms with Crippen molar-refractivity contribution in [1.29, 1.82) is 0 Å². The molecule has 1 fully saturated rings. The molecule has 0 aromatic heterocycles. The van der Waals surface area contributed by atoms with Gasteiger partial charge in [-0.2, -0.15) is 0 Å². The van der Waals surface area contributed by atoms with Crippen LogP contribution in [0.1, 0.15) is 66.2 Å². The summed E-state index contributed by atoms with van der Waals surface area (Å²) in [4.78, 5) is 0. The zero-order valence-corrected chi connectivity index (χ0v) is 14.4. The summed E-state index contributed by atoms with van der Waals surface area (Å²) in [6.45, 7) is 10.6. The minimum atomic E-state index is 0.358. The van der Waals surface area contributed by atoms with E-state index in [0.717, 1.165) is 18.4 Å². The molecule has 3 aliphatic rings. The summed E-state index contributed by atoms with van der Waals surface area (Å²) in [7, 11) is 0. The standard InChI is InChI=1S/C20H33N/c1-14(2)15-6-8-17-16(12-15)7-9-18-19(3,13-21)10-5-11-20(17,18)4/h7,12,14,17-18H,5-6,8-11,13,21H2,1-4H3/t17?,18?,19-,20+/m0/s1. The van der Waals surface area contributed by atoms with E-state index in [0.29, 0.717) is 16.7 Å². The molecular weight excluding hydrogens is 254 g/mol. The summed E-state index contributed by atoms with van der Waals surface area (Å²) in [5.74, 6) is 2.27. The SMILES string of the molecule is CC(C)C1=CC2=CCC3[C@](C)(CN)CCC[C@]3(C)C2CC1. The van der Waals surface area contributed by atoms with Crippen molar-refractivity contribution in [2.45, 2.75) is 66.2 Å². The number of rotatable bonds is 2. The van der Waals surface area contributed by atoms with Crippen molar-refractivity contribution < 1.29 is 0 Å². The molecule has 0 radical (unpaired) electrons. The molecule has 0 saturated heterocycles. The lowest BCUT2D eigenvalue weighted by molar-refractivity contribution is -0.0438. The third-order valence-electron chi connectivity index (χ3n) is 7.17. The van der Waals surface area contributed by atoms with Gasteiger partial charge in [0.1, 0.15) is 0 Å². The van der Waals surface area contributed by atoms with Crippen LogP contribution in [-0.4, -0.2) is 6.54 Å². The van der Waals surface area contributed by atoms with Gasteiger partial charge in [0.05, 0.1) is 0 Å². The van der Waals surface area contributed by atoms with Crippen molar-refractivity contribution in [3.8, 4) is 0 Å². The normalized spacial score (nSPS) is 43.0. The zero-order valence-electron chi connectivity index (χ0n) is 14.4. The van der Waals surface area contributed by atoms with Crippen LogP contribution >= 0.6 is 0 Å². The Morgan fingerprint density at radius 1 is 1.29 bits per heavy atom. The second-order valence-corrected chi connectivity index (χ2v) is 8.68. The third kappa shape index (κ3) is 2.32. The first-order chi connectivity index (χ1) is 9.90. The molecule has 0 spiro atoms. The van der Waals surface area contributed by atoms with Gasteiger partial charge in [-0.1, -0.05) is 51.8 Å². The molecule has 3 rings (SSSR count). The summed E-state index contributed by atoms with van der Waals surface area (Å²) >= 11 is 0. The predicted molar refractivity (Wildman–Crippen MR) is 91.0 cm³/mol. The van der Waals surface area contributed by atoms with Crippen molar-refractivity contribution in [1.82, 2.24) is 0 Å². The number of fused-ring (bicyclic) bond motifs is 3. The van der Waals surface area contributed by atoms with E-state index in [4.69, 9.17) is 5.73 Å². The molecule has 2 N–H and O–H groups in total. The molecule has 2 unspecified atom stereocenters. The van der Waals surface area contributed by atoms with Crippen LogP contribution in [-0.2, 0) is 0 Å². The maximum absolute atomic E-state index is 6.20. The molecule has 1 heteroatoms. The molecule has 3 aliphatic carbocycles. The smallest absolute Gasteiger partial charge is 0.00202 e. The number of hydrogen-bond donors (Lipinski definition) is 1. The van der Waals surface area contributed by atoms with Crippen LogP contribution in [0, 0.1) is 28.6 Å². The predicted octanol–water partition coefficient (Wildman–Crippen LogP) is 5.08. The second-order valence-electron chi connectivity index (χ2n) is 8.68. The molecule has 0 aliphatic heterocycles. The van der Waals surface area contributed by atoms with Crippen LogP contribution < -0.4 is 5.73 Å². The molecule has 1 nitrogen and oxygen atoms in total. The van der Waals surface area contributed by atoms with Gasteiger partial charge in [0, 0.05) is 0 Å². The van der Waals surface area contributed by atoms with Gasteiger partial charge < -0.3 is 5.73 Å². The Balaban J connectivity index is 1.97. The van der Waals surface area contributed by atoms with Gasteiger partial charge in [-0.25, -0.2) is 0 Å². The molecule has 0 heterocycles. The average molecular weight is 287 g/mol. The Hall–Kier alpha value is -0.560. The zero-order chi connectivity index (χ0) is 15.3. The van der Waals surface area contributed by atoms with Gasteiger partial charge in [-0.15, -0.1) is 0 Å². The van der Waals surface area contributed by atoms with Crippen LogP contribution in [0.3, 0.4) is 0 Å². The van der Waals surface area contributed by atoms with E-state index in [-0.39, 0.29) is 0 Å². The average Bonchev–Trinajstić information content (AvgIpc) is 2.46. The number of allylic oxidation sites excluding steroid dienone is 4. The Labute approximate surface area is 131 Å². The Morgan fingerprint density at radius 3 is 2.71 bits per heavy atom. The van der Waals surface area contributed by atoms with Crippen LogP contribution in [0.5, 0.6) is 0 Å². The molecule has 0 amide bonds. The molecule has 0 aromatic carbocycles. The highest BCUT2D eigenvalue weighted by Crippen LogP contribution is 2.61. The highest BCUT2D eigenvalue weighted by Gasteiger charge is 2.53. The first kappa shape index (κ1) is 15.3. The van der Waals surface area contributed by atoms with Crippen LogP contribution in [0.4, 0.5) is 0 Å². The summed E-state index contributed by atoms with van der Waals surface area (Å²) in [6.07, 6.45) is 13.1. The minimum absolute atomic E-state index is 0.358. The Kier molecular flexibility index (Phi) is 3.84.